The molecule has 3 N–H and O–H groups in total. The number of nitrogens with two attached hydrogens (primary N) is 1. The van der Waals surface area contributed by atoms with E-state index in [1.54, 1.807) is 12.5 Å². The normalized spacial score (nSPS) is 13.9. The molecule has 5 heteroatoms. The highest BCUT2D eigenvalue weighted by atomic mass is 16.1. The van der Waals surface area contributed by atoms with Gasteiger partial charge in [0.2, 0.25) is 5.91 Å². The number of nitrogens with one attached hydrogen (secondary N) is 1. The summed E-state index contributed by atoms with van der Waals surface area (Å²) in [7, 11) is 0. The molecule has 21 heavy (non-hydrogen) atoms. The lowest BCUT2D eigenvalue weighted by Crippen LogP contribution is -2.52. The molecular formula is C16H22N4O. The van der Waals surface area contributed by atoms with Crippen LogP contribution in [0.5, 0.6) is 0 Å². The van der Waals surface area contributed by atoms with Gasteiger partial charge in [0.15, 0.2) is 0 Å². The summed E-state index contributed by atoms with van der Waals surface area (Å²) in [6.45, 7) is 6.46. The minimum absolute atomic E-state index is 0.322. The number of imidazole rings is 1. The van der Waals surface area contributed by atoms with Gasteiger partial charge in [0.05, 0.1) is 11.9 Å². The van der Waals surface area contributed by atoms with E-state index in [-0.39, 0.29) is 5.91 Å². The molecule has 1 aromatic carbocycles. The highest BCUT2D eigenvalue weighted by Gasteiger charge is 2.27. The number of benzene rings is 1. The Bertz CT molecular complexity index is 621. The van der Waals surface area contributed by atoms with Crippen LogP contribution >= 0.6 is 0 Å². The van der Waals surface area contributed by atoms with Crippen LogP contribution in [-0.2, 0) is 11.3 Å². The number of carbonyl (C=O) groups is 1. The van der Waals surface area contributed by atoms with E-state index in [4.69, 9.17) is 5.73 Å². The zero-order chi connectivity index (χ0) is 15.5. The van der Waals surface area contributed by atoms with Gasteiger partial charge in [0.1, 0.15) is 0 Å². The van der Waals surface area contributed by atoms with Gasteiger partial charge in [-0.2, -0.15) is 0 Å². The first-order valence-electron chi connectivity index (χ1n) is 7.09. The molecule has 0 fully saturated rings. The number of aryl methyl sites for hydroxylation is 1. The SMILES string of the molecule is CC[C@](C)(NCc1ccc(-n2ccnc2)cc1C)C(N)=O. The summed E-state index contributed by atoms with van der Waals surface area (Å²) >= 11 is 0. The van der Waals surface area contributed by atoms with Crippen LogP contribution in [0.3, 0.4) is 0 Å². The first-order chi connectivity index (χ1) is 9.96. The fraction of sp³-hybridized carbons (Fsp3) is 0.375. The fourth-order valence-electron chi connectivity index (χ4n) is 2.13. The number of rotatable bonds is 6. The number of nitrogens with zero attached hydrogens (tertiary/aromatic N) is 2. The molecule has 0 unspecified atom stereocenters. The Morgan fingerprint density at radius 3 is 2.76 bits per heavy atom. The summed E-state index contributed by atoms with van der Waals surface area (Å²) in [5.74, 6) is -0.322. The Morgan fingerprint density at radius 2 is 2.24 bits per heavy atom. The second-order valence-corrected chi connectivity index (χ2v) is 5.48. The molecule has 1 atom stereocenters. The van der Waals surface area contributed by atoms with Gasteiger partial charge in [0.25, 0.3) is 0 Å². The van der Waals surface area contributed by atoms with Gasteiger partial charge in [-0.25, -0.2) is 4.98 Å². The minimum atomic E-state index is -0.671. The van der Waals surface area contributed by atoms with Crippen LogP contribution in [0.2, 0.25) is 0 Å². The van der Waals surface area contributed by atoms with Crippen molar-refractivity contribution in [3.05, 3.63) is 48.0 Å². The first-order valence-corrected chi connectivity index (χ1v) is 7.09. The van der Waals surface area contributed by atoms with Crippen molar-refractivity contribution in [2.24, 2.45) is 5.73 Å². The van der Waals surface area contributed by atoms with Crippen molar-refractivity contribution in [2.75, 3.05) is 0 Å². The smallest absolute Gasteiger partial charge is 0.237 e. The van der Waals surface area contributed by atoms with Crippen LogP contribution in [0.4, 0.5) is 0 Å². The maximum absolute atomic E-state index is 11.5. The maximum atomic E-state index is 11.5. The largest absolute Gasteiger partial charge is 0.368 e. The summed E-state index contributed by atoms with van der Waals surface area (Å²) in [6.07, 6.45) is 6.10. The molecule has 2 rings (SSSR count). The average molecular weight is 286 g/mol. The van der Waals surface area contributed by atoms with Crippen molar-refractivity contribution in [2.45, 2.75) is 39.3 Å². The topological polar surface area (TPSA) is 72.9 Å². The monoisotopic (exact) mass is 286 g/mol. The van der Waals surface area contributed by atoms with Crippen LogP contribution in [0.1, 0.15) is 31.4 Å². The van der Waals surface area contributed by atoms with Gasteiger partial charge in [-0.05, 0) is 43.5 Å². The second-order valence-electron chi connectivity index (χ2n) is 5.48. The van der Waals surface area contributed by atoms with Crippen LogP contribution in [0.25, 0.3) is 5.69 Å². The molecule has 0 aliphatic heterocycles. The lowest BCUT2D eigenvalue weighted by Gasteiger charge is -2.26. The molecule has 0 aliphatic rings. The second kappa shape index (κ2) is 6.10. The Labute approximate surface area is 125 Å². The van der Waals surface area contributed by atoms with Gasteiger partial charge in [-0.3, -0.25) is 10.1 Å². The standard InChI is InChI=1S/C16H22N4O/c1-4-16(3,15(17)21)19-10-13-5-6-14(9-12(13)2)20-8-7-18-11-20/h5-9,11,19H,4,10H2,1-3H3,(H2,17,21)/t16-/m0/s1. The van der Waals surface area contributed by atoms with Gasteiger partial charge in [-0.1, -0.05) is 13.0 Å². The lowest BCUT2D eigenvalue weighted by atomic mass is 9.97. The van der Waals surface area contributed by atoms with Crippen molar-refractivity contribution in [1.82, 2.24) is 14.9 Å². The fourth-order valence-corrected chi connectivity index (χ4v) is 2.13. The third-order valence-corrected chi connectivity index (χ3v) is 4.05. The molecule has 1 amide bonds. The summed E-state index contributed by atoms with van der Waals surface area (Å²) in [4.78, 5) is 15.6. The third kappa shape index (κ3) is 3.31. The maximum Gasteiger partial charge on any atom is 0.237 e. The lowest BCUT2D eigenvalue weighted by molar-refractivity contribution is -0.124. The molecule has 0 aliphatic carbocycles. The van der Waals surface area contributed by atoms with E-state index in [1.807, 2.05) is 30.7 Å². The average Bonchev–Trinajstić information content (AvgIpc) is 2.99. The number of hydrogen-bond donors (Lipinski definition) is 2. The Hall–Kier alpha value is -2.14. The zero-order valence-electron chi connectivity index (χ0n) is 12.8. The minimum Gasteiger partial charge on any atom is -0.368 e. The van der Waals surface area contributed by atoms with Crippen molar-refractivity contribution in [3.8, 4) is 5.69 Å². The zero-order valence-corrected chi connectivity index (χ0v) is 12.8. The molecule has 112 valence electrons. The molecule has 0 bridgehead atoms. The third-order valence-electron chi connectivity index (χ3n) is 4.05. The van der Waals surface area contributed by atoms with Crippen LogP contribution in [0.15, 0.2) is 36.9 Å². The summed E-state index contributed by atoms with van der Waals surface area (Å²) < 4.78 is 1.96. The van der Waals surface area contributed by atoms with E-state index in [9.17, 15) is 4.79 Å². The first kappa shape index (κ1) is 15.3. The van der Waals surface area contributed by atoms with Crippen LogP contribution in [-0.4, -0.2) is 21.0 Å². The van der Waals surface area contributed by atoms with Crippen molar-refractivity contribution in [3.63, 3.8) is 0 Å². The number of amides is 1. The van der Waals surface area contributed by atoms with Crippen LogP contribution in [0, 0.1) is 6.92 Å². The van der Waals surface area contributed by atoms with Crippen molar-refractivity contribution in [1.29, 1.82) is 0 Å². The molecule has 0 radical (unpaired) electrons. The van der Waals surface area contributed by atoms with E-state index in [0.717, 1.165) is 16.8 Å². The van der Waals surface area contributed by atoms with Gasteiger partial charge in [-0.15, -0.1) is 0 Å². The number of primary amides is 1. The molecule has 2 aromatic rings. The van der Waals surface area contributed by atoms with E-state index in [2.05, 4.69) is 29.4 Å². The Morgan fingerprint density at radius 1 is 1.48 bits per heavy atom. The van der Waals surface area contributed by atoms with E-state index in [1.165, 1.54) is 0 Å². The number of aromatic nitrogens is 2. The number of carbonyl (C=O) groups excluding carboxylic acids is 1. The highest BCUT2D eigenvalue weighted by molar-refractivity contribution is 5.84. The number of hydrogen-bond acceptors (Lipinski definition) is 3. The van der Waals surface area contributed by atoms with Gasteiger partial charge >= 0.3 is 0 Å². The van der Waals surface area contributed by atoms with E-state index >= 15 is 0 Å². The predicted octanol–water partition coefficient (Wildman–Crippen LogP) is 1.92. The summed E-state index contributed by atoms with van der Waals surface area (Å²) in [5.41, 5.74) is 8.18. The molecule has 0 saturated heterocycles. The summed E-state index contributed by atoms with van der Waals surface area (Å²) in [5, 5.41) is 3.26. The highest BCUT2D eigenvalue weighted by Crippen LogP contribution is 2.16. The summed E-state index contributed by atoms with van der Waals surface area (Å²) in [6, 6.07) is 6.21. The predicted molar refractivity (Wildman–Crippen MR) is 83.0 cm³/mol. The van der Waals surface area contributed by atoms with Crippen molar-refractivity contribution >= 4 is 5.91 Å². The van der Waals surface area contributed by atoms with E-state index in [0.29, 0.717) is 13.0 Å². The molecular weight excluding hydrogens is 264 g/mol. The van der Waals surface area contributed by atoms with Crippen LogP contribution < -0.4 is 11.1 Å². The van der Waals surface area contributed by atoms with Crippen molar-refractivity contribution < 1.29 is 4.79 Å². The molecule has 5 nitrogen and oxygen atoms in total. The van der Waals surface area contributed by atoms with Gasteiger partial charge in [0, 0.05) is 24.6 Å². The quantitative estimate of drug-likeness (QED) is 0.852. The molecule has 0 saturated carbocycles. The molecule has 1 aromatic heterocycles. The molecule has 1 heterocycles. The Kier molecular flexibility index (Phi) is 4.43. The van der Waals surface area contributed by atoms with E-state index < -0.39 is 5.54 Å². The molecule has 0 spiro atoms. The Balaban J connectivity index is 2.13. The van der Waals surface area contributed by atoms with Gasteiger partial charge < -0.3 is 10.3 Å².